The molecule has 9 nitrogen and oxygen atoms in total. The Morgan fingerprint density at radius 3 is 2.56 bits per heavy atom. The molecule has 1 aromatic carbocycles. The molecule has 0 aliphatic carbocycles. The van der Waals surface area contributed by atoms with E-state index in [1.165, 1.54) is 4.90 Å². The van der Waals surface area contributed by atoms with E-state index in [2.05, 4.69) is 5.32 Å². The largest absolute Gasteiger partial charge is 0.481 e. The Morgan fingerprint density at radius 1 is 1.37 bits per heavy atom. The molecule has 1 aromatic rings. The van der Waals surface area contributed by atoms with Crippen molar-refractivity contribution in [2.24, 2.45) is 5.73 Å². The Hall–Kier alpha value is -2.81. The average Bonchev–Trinajstić information content (AvgIpc) is 2.57. The second kappa shape index (κ2) is 9.77. The standard InChI is InChI=1S/C17H22N4O5.ClH/c1-21-13(10-2-4-11(5-3-10)16(18)19)8-12(26-17(21)25)9-14(22)20-7-6-15(23)24;/h2-5,12-13H,6-9H2,1H3,(H3,18,19)(H,20,22)(H,23,24);1H/t12-,13+;/m0./s1. The number of rotatable bonds is 7. The van der Waals surface area contributed by atoms with Gasteiger partial charge in [0, 0.05) is 25.6 Å². The molecule has 0 radical (unpaired) electrons. The number of hydrogen-bond donors (Lipinski definition) is 4. The molecule has 148 valence electrons. The smallest absolute Gasteiger partial charge is 0.410 e. The third-order valence-electron chi connectivity index (χ3n) is 4.19. The number of carboxylic acids is 1. The summed E-state index contributed by atoms with van der Waals surface area (Å²) in [6.07, 6.45) is -0.888. The van der Waals surface area contributed by atoms with Gasteiger partial charge in [0.1, 0.15) is 11.9 Å². The van der Waals surface area contributed by atoms with E-state index < -0.39 is 18.2 Å². The molecular weight excluding hydrogens is 376 g/mol. The van der Waals surface area contributed by atoms with Gasteiger partial charge >= 0.3 is 12.1 Å². The third kappa shape index (κ3) is 6.14. The molecule has 1 aliphatic heterocycles. The van der Waals surface area contributed by atoms with Crippen LogP contribution in [0, 0.1) is 5.41 Å². The maximum Gasteiger partial charge on any atom is 0.410 e. The predicted molar refractivity (Wildman–Crippen MR) is 100.0 cm³/mol. The van der Waals surface area contributed by atoms with Gasteiger partial charge in [-0.1, -0.05) is 24.3 Å². The SMILES string of the molecule is CN1C(=O)O[C@H](CC(=O)NCCC(=O)O)C[C@@H]1c1ccc(C(=N)N)cc1.Cl. The van der Waals surface area contributed by atoms with Crippen LogP contribution >= 0.6 is 12.4 Å². The van der Waals surface area contributed by atoms with Crippen LogP contribution in [-0.2, 0) is 14.3 Å². The normalized spacial score (nSPS) is 18.9. The maximum absolute atomic E-state index is 12.1. The molecule has 0 spiro atoms. The Morgan fingerprint density at radius 2 is 2.00 bits per heavy atom. The van der Waals surface area contributed by atoms with E-state index in [0.29, 0.717) is 12.0 Å². The first-order valence-corrected chi connectivity index (χ1v) is 8.14. The summed E-state index contributed by atoms with van der Waals surface area (Å²) in [7, 11) is 1.62. The minimum absolute atomic E-state index is 0. The fourth-order valence-corrected chi connectivity index (χ4v) is 2.77. The molecule has 2 amide bonds. The van der Waals surface area contributed by atoms with E-state index in [1.807, 2.05) is 0 Å². The Labute approximate surface area is 162 Å². The van der Waals surface area contributed by atoms with Crippen LogP contribution in [0.1, 0.15) is 36.4 Å². The number of benzene rings is 1. The highest BCUT2D eigenvalue weighted by atomic mass is 35.5. The lowest BCUT2D eigenvalue weighted by molar-refractivity contribution is -0.136. The molecule has 5 N–H and O–H groups in total. The molecule has 1 heterocycles. The van der Waals surface area contributed by atoms with Crippen LogP contribution in [0.2, 0.25) is 0 Å². The first kappa shape index (κ1) is 22.2. The van der Waals surface area contributed by atoms with Gasteiger partial charge in [0.15, 0.2) is 0 Å². The summed E-state index contributed by atoms with van der Waals surface area (Å²) >= 11 is 0. The van der Waals surface area contributed by atoms with Gasteiger partial charge < -0.3 is 25.8 Å². The van der Waals surface area contributed by atoms with Crippen molar-refractivity contribution in [2.45, 2.75) is 31.4 Å². The van der Waals surface area contributed by atoms with Gasteiger partial charge in [-0.3, -0.25) is 15.0 Å². The minimum Gasteiger partial charge on any atom is -0.481 e. The number of ether oxygens (including phenoxy) is 1. The topological polar surface area (TPSA) is 146 Å². The molecule has 1 fully saturated rings. The number of halogens is 1. The number of carbonyl (C=O) groups is 3. The molecule has 1 aliphatic rings. The van der Waals surface area contributed by atoms with Gasteiger partial charge in [0.2, 0.25) is 5.91 Å². The maximum atomic E-state index is 12.1. The highest BCUT2D eigenvalue weighted by molar-refractivity contribution is 5.94. The zero-order valence-electron chi connectivity index (χ0n) is 14.8. The fraction of sp³-hybridized carbons (Fsp3) is 0.412. The van der Waals surface area contributed by atoms with Crippen molar-refractivity contribution in [3.63, 3.8) is 0 Å². The van der Waals surface area contributed by atoms with Crippen molar-refractivity contribution in [1.29, 1.82) is 5.41 Å². The zero-order valence-corrected chi connectivity index (χ0v) is 15.6. The van der Waals surface area contributed by atoms with Crippen LogP contribution in [-0.4, -0.2) is 53.5 Å². The molecule has 0 unspecified atom stereocenters. The van der Waals surface area contributed by atoms with Crippen molar-refractivity contribution < 1.29 is 24.2 Å². The van der Waals surface area contributed by atoms with Crippen LogP contribution in [0.25, 0.3) is 0 Å². The molecule has 2 atom stereocenters. The number of nitrogens with one attached hydrogen (secondary N) is 2. The van der Waals surface area contributed by atoms with Gasteiger partial charge in [-0.2, -0.15) is 0 Å². The predicted octanol–water partition coefficient (Wildman–Crippen LogP) is 1.26. The molecule has 2 rings (SSSR count). The molecule has 27 heavy (non-hydrogen) atoms. The molecule has 0 bridgehead atoms. The monoisotopic (exact) mass is 398 g/mol. The minimum atomic E-state index is -0.995. The number of aliphatic carboxylic acids is 1. The summed E-state index contributed by atoms with van der Waals surface area (Å²) in [5.41, 5.74) is 6.88. The van der Waals surface area contributed by atoms with Gasteiger partial charge in [-0.25, -0.2) is 4.79 Å². The van der Waals surface area contributed by atoms with E-state index in [9.17, 15) is 14.4 Å². The number of carbonyl (C=O) groups excluding carboxylic acids is 2. The number of amides is 2. The zero-order chi connectivity index (χ0) is 19.3. The second-order valence-electron chi connectivity index (χ2n) is 6.10. The van der Waals surface area contributed by atoms with Crippen molar-refractivity contribution in [3.8, 4) is 0 Å². The first-order chi connectivity index (χ1) is 12.3. The lowest BCUT2D eigenvalue weighted by Gasteiger charge is -2.36. The van der Waals surface area contributed by atoms with E-state index in [1.54, 1.807) is 31.3 Å². The van der Waals surface area contributed by atoms with Crippen molar-refractivity contribution in [2.75, 3.05) is 13.6 Å². The lowest BCUT2D eigenvalue weighted by atomic mass is 9.95. The van der Waals surface area contributed by atoms with Crippen LogP contribution in [0.5, 0.6) is 0 Å². The number of nitrogens with two attached hydrogens (primary N) is 1. The molecule has 10 heteroatoms. The van der Waals surface area contributed by atoms with Gasteiger partial charge in [0.05, 0.1) is 18.9 Å². The van der Waals surface area contributed by atoms with Gasteiger partial charge in [-0.05, 0) is 5.56 Å². The number of cyclic esters (lactones) is 1. The number of hydrogen-bond acceptors (Lipinski definition) is 5. The van der Waals surface area contributed by atoms with Gasteiger partial charge in [-0.15, -0.1) is 12.4 Å². The average molecular weight is 399 g/mol. The molecule has 0 aromatic heterocycles. The van der Waals surface area contributed by atoms with E-state index >= 15 is 0 Å². The summed E-state index contributed by atoms with van der Waals surface area (Å²) < 4.78 is 5.27. The first-order valence-electron chi connectivity index (χ1n) is 8.14. The van der Waals surface area contributed by atoms with Crippen molar-refractivity contribution >= 4 is 36.2 Å². The molecule has 1 saturated heterocycles. The third-order valence-corrected chi connectivity index (χ3v) is 4.19. The molecule has 0 saturated carbocycles. The second-order valence-corrected chi connectivity index (χ2v) is 6.10. The van der Waals surface area contributed by atoms with Crippen LogP contribution in [0.15, 0.2) is 24.3 Å². The number of nitrogens with zero attached hydrogens (tertiary/aromatic N) is 1. The summed E-state index contributed by atoms with van der Waals surface area (Å²) in [6, 6.07) is 6.73. The number of nitrogen functional groups attached to an aromatic ring is 1. The highest BCUT2D eigenvalue weighted by Gasteiger charge is 2.34. The van der Waals surface area contributed by atoms with Gasteiger partial charge in [0.25, 0.3) is 0 Å². The Balaban J connectivity index is 0.00000364. The summed E-state index contributed by atoms with van der Waals surface area (Å²) in [5, 5.41) is 18.5. The summed E-state index contributed by atoms with van der Waals surface area (Å²) in [5.74, 6) is -1.40. The quantitative estimate of drug-likeness (QED) is 0.401. The summed E-state index contributed by atoms with van der Waals surface area (Å²) in [4.78, 5) is 35.9. The fourth-order valence-electron chi connectivity index (χ4n) is 2.77. The van der Waals surface area contributed by atoms with E-state index in [-0.39, 0.29) is 49.6 Å². The Kier molecular flexibility index (Phi) is 8.04. The van der Waals surface area contributed by atoms with E-state index in [4.69, 9.17) is 21.0 Å². The van der Waals surface area contributed by atoms with Crippen LogP contribution < -0.4 is 11.1 Å². The number of amidine groups is 1. The van der Waals surface area contributed by atoms with Crippen LogP contribution in [0.4, 0.5) is 4.79 Å². The van der Waals surface area contributed by atoms with Crippen LogP contribution in [0.3, 0.4) is 0 Å². The molecular formula is C17H23ClN4O5. The highest BCUT2D eigenvalue weighted by Crippen LogP contribution is 2.31. The van der Waals surface area contributed by atoms with Crippen molar-refractivity contribution in [3.05, 3.63) is 35.4 Å². The lowest BCUT2D eigenvalue weighted by Crippen LogP contribution is -2.43. The Bertz CT molecular complexity index is 710. The number of carboxylic acid groups (broad SMARTS) is 1. The van der Waals surface area contributed by atoms with Crippen molar-refractivity contribution in [1.82, 2.24) is 10.2 Å². The van der Waals surface area contributed by atoms with E-state index in [0.717, 1.165) is 5.56 Å². The summed E-state index contributed by atoms with van der Waals surface area (Å²) in [6.45, 7) is 0.0324.